The highest BCUT2D eigenvalue weighted by atomic mass is 19.4. The lowest BCUT2D eigenvalue weighted by Gasteiger charge is -2.30. The fourth-order valence-electron chi connectivity index (χ4n) is 1.73. The molecule has 0 radical (unpaired) electrons. The average Bonchev–Trinajstić information content (AvgIpc) is 2.24. The third-order valence-corrected chi connectivity index (χ3v) is 3.16. The summed E-state index contributed by atoms with van der Waals surface area (Å²) in [5.41, 5.74) is 3.35. The molecule has 0 aromatic carbocycles. The molecule has 0 unspecified atom stereocenters. The third kappa shape index (κ3) is 6.33. The number of aliphatic carboxylic acids is 1. The number of nitrogens with two attached hydrogens (primary N) is 1. The zero-order valence-corrected chi connectivity index (χ0v) is 12.6. The molecular weight excluding hydrogens is 289 g/mol. The summed E-state index contributed by atoms with van der Waals surface area (Å²) in [4.78, 5) is 22.8. The number of carboxylic acid groups (broad SMARTS) is 1. The van der Waals surface area contributed by atoms with Gasteiger partial charge in [0.25, 0.3) is 0 Å². The zero-order chi connectivity index (χ0) is 17.0. The summed E-state index contributed by atoms with van der Waals surface area (Å²) in [6.45, 7) is 5.44. The Morgan fingerprint density at radius 1 is 1.24 bits per heavy atom. The van der Waals surface area contributed by atoms with Gasteiger partial charge >= 0.3 is 12.1 Å². The van der Waals surface area contributed by atoms with Crippen LogP contribution in [0.1, 0.15) is 40.5 Å². The Labute approximate surface area is 122 Å². The number of rotatable bonds is 7. The molecule has 0 aliphatic carbocycles. The van der Waals surface area contributed by atoms with Crippen molar-refractivity contribution in [2.75, 3.05) is 0 Å². The molecule has 21 heavy (non-hydrogen) atoms. The van der Waals surface area contributed by atoms with Crippen molar-refractivity contribution in [3.63, 3.8) is 0 Å². The molecule has 8 heteroatoms. The van der Waals surface area contributed by atoms with Gasteiger partial charge < -0.3 is 16.2 Å². The summed E-state index contributed by atoms with van der Waals surface area (Å²) in [6.07, 6.45) is -4.93. The van der Waals surface area contributed by atoms with Gasteiger partial charge in [0.1, 0.15) is 6.04 Å². The van der Waals surface area contributed by atoms with E-state index in [0.29, 0.717) is 0 Å². The minimum Gasteiger partial charge on any atom is -0.480 e. The van der Waals surface area contributed by atoms with E-state index >= 15 is 0 Å². The highest BCUT2D eigenvalue weighted by Gasteiger charge is 2.48. The Bertz CT molecular complexity index is 381. The lowest BCUT2D eigenvalue weighted by Crippen LogP contribution is -2.51. The molecule has 0 aromatic rings. The van der Waals surface area contributed by atoms with E-state index in [2.05, 4.69) is 5.32 Å². The number of nitrogens with one attached hydrogen (secondary N) is 1. The van der Waals surface area contributed by atoms with Crippen LogP contribution in [-0.2, 0) is 9.59 Å². The van der Waals surface area contributed by atoms with Gasteiger partial charge in [-0.05, 0) is 18.8 Å². The van der Waals surface area contributed by atoms with Gasteiger partial charge in [-0.1, -0.05) is 27.7 Å². The minimum absolute atomic E-state index is 0.00856. The highest BCUT2D eigenvalue weighted by molar-refractivity contribution is 5.86. The molecule has 0 aliphatic rings. The standard InChI is InChI=1S/C13H23F3N2O3/c1-7(2)5-9(11(20)21)18-10(19)8(17)6-12(3,4)13(14,15)16/h7-9H,5-6,17H2,1-4H3,(H,18,19)(H,20,21)/t8-,9-/m0/s1. The van der Waals surface area contributed by atoms with Gasteiger partial charge in [-0.2, -0.15) is 13.2 Å². The number of carbonyl (C=O) groups excluding carboxylic acids is 1. The topological polar surface area (TPSA) is 92.4 Å². The van der Waals surface area contributed by atoms with Crippen LogP contribution >= 0.6 is 0 Å². The first-order valence-corrected chi connectivity index (χ1v) is 6.63. The van der Waals surface area contributed by atoms with E-state index in [9.17, 15) is 22.8 Å². The van der Waals surface area contributed by atoms with Gasteiger partial charge in [-0.15, -0.1) is 0 Å². The number of amides is 1. The Kier molecular flexibility index (Phi) is 6.66. The van der Waals surface area contributed by atoms with Crippen molar-refractivity contribution in [1.82, 2.24) is 5.32 Å². The zero-order valence-electron chi connectivity index (χ0n) is 12.6. The number of carboxylic acids is 1. The predicted octanol–water partition coefficient (Wildman–Crippen LogP) is 1.91. The Hall–Kier alpha value is -1.31. The maximum Gasteiger partial charge on any atom is 0.394 e. The molecular formula is C13H23F3N2O3. The molecule has 0 heterocycles. The van der Waals surface area contributed by atoms with Crippen molar-refractivity contribution < 1.29 is 27.9 Å². The summed E-state index contributed by atoms with van der Waals surface area (Å²) in [5.74, 6) is -2.12. The fourth-order valence-corrected chi connectivity index (χ4v) is 1.73. The first-order valence-electron chi connectivity index (χ1n) is 6.63. The van der Waals surface area contributed by atoms with Crippen LogP contribution in [0.4, 0.5) is 13.2 Å². The van der Waals surface area contributed by atoms with E-state index in [4.69, 9.17) is 10.8 Å². The van der Waals surface area contributed by atoms with Crippen LogP contribution in [0.2, 0.25) is 0 Å². The maximum absolute atomic E-state index is 12.7. The Morgan fingerprint density at radius 2 is 1.71 bits per heavy atom. The van der Waals surface area contributed by atoms with Crippen LogP contribution in [0.3, 0.4) is 0 Å². The van der Waals surface area contributed by atoms with Crippen LogP contribution in [0.15, 0.2) is 0 Å². The van der Waals surface area contributed by atoms with Crippen molar-refractivity contribution in [3.8, 4) is 0 Å². The second kappa shape index (κ2) is 7.11. The van der Waals surface area contributed by atoms with Crippen LogP contribution in [0, 0.1) is 11.3 Å². The summed E-state index contributed by atoms with van der Waals surface area (Å²) in [7, 11) is 0. The SMILES string of the molecule is CC(C)C[C@H](NC(=O)[C@@H](N)CC(C)(C)C(F)(F)F)C(=O)O. The third-order valence-electron chi connectivity index (χ3n) is 3.16. The monoisotopic (exact) mass is 312 g/mol. The summed E-state index contributed by atoms with van der Waals surface area (Å²) in [5, 5.41) is 11.2. The first kappa shape index (κ1) is 19.7. The quantitative estimate of drug-likeness (QED) is 0.669. The second-order valence-corrected chi connectivity index (χ2v) is 6.22. The second-order valence-electron chi connectivity index (χ2n) is 6.22. The van der Waals surface area contributed by atoms with Crippen molar-refractivity contribution >= 4 is 11.9 Å². The van der Waals surface area contributed by atoms with Crippen LogP contribution < -0.4 is 11.1 Å². The average molecular weight is 312 g/mol. The van der Waals surface area contributed by atoms with Gasteiger partial charge in [0.2, 0.25) is 5.91 Å². The number of hydrogen-bond acceptors (Lipinski definition) is 3. The molecule has 0 spiro atoms. The molecule has 4 N–H and O–H groups in total. The van der Waals surface area contributed by atoms with Gasteiger partial charge in [0.05, 0.1) is 11.5 Å². The van der Waals surface area contributed by atoms with E-state index in [1.807, 2.05) is 0 Å². The summed E-state index contributed by atoms with van der Waals surface area (Å²) < 4.78 is 38.2. The molecule has 0 saturated carbocycles. The summed E-state index contributed by atoms with van der Waals surface area (Å²) in [6, 6.07) is -2.58. The molecule has 0 bridgehead atoms. The van der Waals surface area contributed by atoms with E-state index in [1.165, 1.54) is 0 Å². The fraction of sp³-hybridized carbons (Fsp3) is 0.846. The van der Waals surface area contributed by atoms with Crippen LogP contribution in [-0.4, -0.2) is 35.2 Å². The van der Waals surface area contributed by atoms with Gasteiger partial charge in [-0.3, -0.25) is 4.79 Å². The molecule has 5 nitrogen and oxygen atoms in total. The molecule has 0 fully saturated rings. The van der Waals surface area contributed by atoms with Gasteiger partial charge in [0.15, 0.2) is 0 Å². The van der Waals surface area contributed by atoms with E-state index < -0.39 is 42.0 Å². The molecule has 1 amide bonds. The number of hydrogen-bond donors (Lipinski definition) is 3. The largest absolute Gasteiger partial charge is 0.480 e. The summed E-state index contributed by atoms with van der Waals surface area (Å²) >= 11 is 0. The molecule has 2 atom stereocenters. The number of halogens is 3. The predicted molar refractivity (Wildman–Crippen MR) is 71.4 cm³/mol. The molecule has 0 rings (SSSR count). The first-order chi connectivity index (χ1) is 9.28. The van der Waals surface area contributed by atoms with E-state index in [1.54, 1.807) is 13.8 Å². The lowest BCUT2D eigenvalue weighted by molar-refractivity contribution is -0.214. The molecule has 124 valence electrons. The Morgan fingerprint density at radius 3 is 2.05 bits per heavy atom. The molecule has 0 aliphatic heterocycles. The van der Waals surface area contributed by atoms with Gasteiger partial charge in [-0.25, -0.2) is 4.79 Å². The molecule has 0 aromatic heterocycles. The number of carbonyl (C=O) groups is 2. The molecule has 0 saturated heterocycles. The maximum atomic E-state index is 12.7. The van der Waals surface area contributed by atoms with Gasteiger partial charge in [0, 0.05) is 0 Å². The normalized spacial score (nSPS) is 15.7. The van der Waals surface area contributed by atoms with E-state index in [0.717, 1.165) is 13.8 Å². The lowest BCUT2D eigenvalue weighted by atomic mass is 9.85. The smallest absolute Gasteiger partial charge is 0.394 e. The number of alkyl halides is 3. The van der Waals surface area contributed by atoms with Crippen molar-refractivity contribution in [1.29, 1.82) is 0 Å². The van der Waals surface area contributed by atoms with E-state index in [-0.39, 0.29) is 12.3 Å². The van der Waals surface area contributed by atoms with Crippen LogP contribution in [0.25, 0.3) is 0 Å². The van der Waals surface area contributed by atoms with Crippen molar-refractivity contribution in [2.24, 2.45) is 17.1 Å². The van der Waals surface area contributed by atoms with Crippen molar-refractivity contribution in [3.05, 3.63) is 0 Å². The van der Waals surface area contributed by atoms with Crippen LogP contribution in [0.5, 0.6) is 0 Å². The Balaban J connectivity index is 4.75. The van der Waals surface area contributed by atoms with Crippen molar-refractivity contribution in [2.45, 2.75) is 58.8 Å². The highest BCUT2D eigenvalue weighted by Crippen LogP contribution is 2.40. The minimum atomic E-state index is -4.49.